The number of carbonyl (C=O) groups is 1. The fourth-order valence-electron chi connectivity index (χ4n) is 1.65. The van der Waals surface area contributed by atoms with Crippen molar-refractivity contribution >= 4 is 44.9 Å². The van der Waals surface area contributed by atoms with E-state index < -0.39 is 16.0 Å². The SMILES string of the molecule is CCS(=O)(=O)N(CCCC(=O)O)c1c(Cl)cccc1Cl. The van der Waals surface area contributed by atoms with Crippen molar-refractivity contribution in [1.82, 2.24) is 0 Å². The standard InChI is InChI=1S/C12H15Cl2NO4S/c1-2-20(18,19)15(8-4-7-11(16)17)12-9(13)5-3-6-10(12)14/h3,5-6H,2,4,7-8H2,1H3,(H,16,17). The summed E-state index contributed by atoms with van der Waals surface area (Å²) in [5.41, 5.74) is 0.197. The molecule has 0 heterocycles. The fourth-order valence-corrected chi connectivity index (χ4v) is 3.54. The molecule has 5 nitrogen and oxygen atoms in total. The van der Waals surface area contributed by atoms with Crippen LogP contribution in [0.15, 0.2) is 18.2 Å². The van der Waals surface area contributed by atoms with Gasteiger partial charge in [0.1, 0.15) is 0 Å². The van der Waals surface area contributed by atoms with Crippen molar-refractivity contribution in [3.8, 4) is 0 Å². The maximum Gasteiger partial charge on any atom is 0.303 e. The van der Waals surface area contributed by atoms with E-state index in [0.717, 1.165) is 4.31 Å². The molecule has 0 amide bonds. The summed E-state index contributed by atoms with van der Waals surface area (Å²) in [7, 11) is -3.58. The number of carboxylic acid groups (broad SMARTS) is 1. The third-order valence-electron chi connectivity index (χ3n) is 2.64. The predicted molar refractivity (Wildman–Crippen MR) is 80.1 cm³/mol. The Hall–Kier alpha value is -0.980. The van der Waals surface area contributed by atoms with Gasteiger partial charge in [0.2, 0.25) is 10.0 Å². The minimum absolute atomic E-state index is 0.0198. The summed E-state index contributed by atoms with van der Waals surface area (Å²) in [6.45, 7) is 1.52. The lowest BCUT2D eigenvalue weighted by atomic mass is 10.3. The average Bonchev–Trinajstić information content (AvgIpc) is 2.36. The summed E-state index contributed by atoms with van der Waals surface area (Å²) in [5, 5.41) is 9.07. The number of benzene rings is 1. The van der Waals surface area contributed by atoms with Crippen molar-refractivity contribution in [3.63, 3.8) is 0 Å². The van der Waals surface area contributed by atoms with E-state index in [1.54, 1.807) is 6.07 Å². The summed E-state index contributed by atoms with van der Waals surface area (Å²) in [6.07, 6.45) is 0.0495. The number of para-hydroxylation sites is 1. The summed E-state index contributed by atoms with van der Waals surface area (Å²) < 4.78 is 25.4. The first-order valence-corrected chi connectivity index (χ1v) is 8.32. The fraction of sp³-hybridized carbons (Fsp3) is 0.417. The lowest BCUT2D eigenvalue weighted by molar-refractivity contribution is -0.137. The first kappa shape index (κ1) is 17.1. The van der Waals surface area contributed by atoms with Crippen molar-refractivity contribution in [2.45, 2.75) is 19.8 Å². The molecule has 20 heavy (non-hydrogen) atoms. The summed E-state index contributed by atoms with van der Waals surface area (Å²) in [5.74, 6) is -1.11. The van der Waals surface area contributed by atoms with Crippen LogP contribution in [0.1, 0.15) is 19.8 Å². The molecule has 0 bridgehead atoms. The molecule has 0 aliphatic rings. The largest absolute Gasteiger partial charge is 0.481 e. The van der Waals surface area contributed by atoms with E-state index in [4.69, 9.17) is 28.3 Å². The lowest BCUT2D eigenvalue weighted by Crippen LogP contribution is -2.34. The molecule has 112 valence electrons. The first-order valence-electron chi connectivity index (χ1n) is 5.95. The molecular formula is C12H15Cl2NO4S. The zero-order chi connectivity index (χ0) is 15.3. The van der Waals surface area contributed by atoms with Crippen LogP contribution in [0.25, 0.3) is 0 Å². The van der Waals surface area contributed by atoms with Crippen LogP contribution in [0.3, 0.4) is 0 Å². The molecule has 0 aliphatic carbocycles. The number of anilines is 1. The topological polar surface area (TPSA) is 74.7 Å². The van der Waals surface area contributed by atoms with Gasteiger partial charge in [-0.25, -0.2) is 8.42 Å². The summed E-state index contributed by atoms with van der Waals surface area (Å²) in [4.78, 5) is 10.6. The predicted octanol–water partition coefficient (Wildman–Crippen LogP) is 3.01. The third kappa shape index (κ3) is 4.26. The monoisotopic (exact) mass is 339 g/mol. The second-order valence-corrected chi connectivity index (χ2v) is 7.04. The Kier molecular flexibility index (Phi) is 6.10. The van der Waals surface area contributed by atoms with E-state index in [1.165, 1.54) is 19.1 Å². The minimum Gasteiger partial charge on any atom is -0.481 e. The first-order chi connectivity index (χ1) is 9.29. The third-order valence-corrected chi connectivity index (χ3v) is 5.02. The van der Waals surface area contributed by atoms with Crippen molar-refractivity contribution < 1.29 is 18.3 Å². The van der Waals surface area contributed by atoms with Crippen LogP contribution in [0.4, 0.5) is 5.69 Å². The molecule has 0 saturated carbocycles. The smallest absolute Gasteiger partial charge is 0.303 e. The van der Waals surface area contributed by atoms with Gasteiger partial charge in [-0.2, -0.15) is 0 Å². The van der Waals surface area contributed by atoms with Crippen molar-refractivity contribution in [2.24, 2.45) is 0 Å². The van der Waals surface area contributed by atoms with Crippen LogP contribution in [0.2, 0.25) is 10.0 Å². The maximum absolute atomic E-state index is 12.1. The van der Waals surface area contributed by atoms with Crippen LogP contribution >= 0.6 is 23.2 Å². The second kappa shape index (κ2) is 7.15. The maximum atomic E-state index is 12.1. The molecular weight excluding hydrogens is 325 g/mol. The van der Waals surface area contributed by atoms with E-state index in [0.29, 0.717) is 0 Å². The highest BCUT2D eigenvalue weighted by Gasteiger charge is 2.24. The molecule has 0 unspecified atom stereocenters. The normalized spacial score (nSPS) is 11.3. The number of carboxylic acids is 1. The molecule has 0 aromatic heterocycles. The summed E-state index contributed by atoms with van der Waals surface area (Å²) >= 11 is 12.0. The van der Waals surface area contributed by atoms with Crippen molar-refractivity contribution in [3.05, 3.63) is 28.2 Å². The lowest BCUT2D eigenvalue weighted by Gasteiger charge is -2.25. The van der Waals surface area contributed by atoms with Crippen LogP contribution in [0.5, 0.6) is 0 Å². The van der Waals surface area contributed by atoms with Gasteiger partial charge in [-0.1, -0.05) is 29.3 Å². The van der Waals surface area contributed by atoms with Gasteiger partial charge in [-0.3, -0.25) is 9.10 Å². The summed E-state index contributed by atoms with van der Waals surface area (Å²) in [6, 6.07) is 4.69. The molecule has 1 rings (SSSR count). The average molecular weight is 340 g/mol. The zero-order valence-electron chi connectivity index (χ0n) is 10.8. The van der Waals surface area contributed by atoms with E-state index in [-0.39, 0.29) is 40.9 Å². The van der Waals surface area contributed by atoms with Gasteiger partial charge in [-0.15, -0.1) is 0 Å². The Balaban J connectivity index is 3.14. The molecule has 1 N–H and O–H groups in total. The van der Waals surface area contributed by atoms with Gasteiger partial charge in [0.25, 0.3) is 0 Å². The number of nitrogens with zero attached hydrogens (tertiary/aromatic N) is 1. The van der Waals surface area contributed by atoms with E-state index in [9.17, 15) is 13.2 Å². The van der Waals surface area contributed by atoms with Crippen molar-refractivity contribution in [1.29, 1.82) is 0 Å². The molecule has 0 saturated heterocycles. The second-order valence-electron chi connectivity index (χ2n) is 4.04. The number of rotatable bonds is 7. The number of sulfonamides is 1. The van der Waals surface area contributed by atoms with Gasteiger partial charge in [0.15, 0.2) is 0 Å². The highest BCUT2D eigenvalue weighted by Crippen LogP contribution is 2.35. The quantitative estimate of drug-likeness (QED) is 0.828. The van der Waals surface area contributed by atoms with Gasteiger partial charge in [-0.05, 0) is 25.5 Å². The van der Waals surface area contributed by atoms with Crippen LogP contribution in [-0.2, 0) is 14.8 Å². The molecule has 8 heteroatoms. The highest BCUT2D eigenvalue weighted by atomic mass is 35.5. The van der Waals surface area contributed by atoms with E-state index in [2.05, 4.69) is 0 Å². The number of hydrogen-bond donors (Lipinski definition) is 1. The highest BCUT2D eigenvalue weighted by molar-refractivity contribution is 7.92. The van der Waals surface area contributed by atoms with Gasteiger partial charge in [0.05, 0.1) is 21.5 Å². The molecule has 0 fully saturated rings. The molecule has 0 atom stereocenters. The number of halogens is 2. The van der Waals surface area contributed by atoms with E-state index in [1.807, 2.05) is 0 Å². The Labute approximate surface area is 128 Å². The Morgan fingerprint density at radius 3 is 2.30 bits per heavy atom. The van der Waals surface area contributed by atoms with Crippen LogP contribution in [0, 0.1) is 0 Å². The number of hydrogen-bond acceptors (Lipinski definition) is 3. The van der Waals surface area contributed by atoms with Crippen LogP contribution < -0.4 is 4.31 Å². The molecule has 1 aromatic rings. The van der Waals surface area contributed by atoms with Gasteiger partial charge in [0, 0.05) is 13.0 Å². The zero-order valence-corrected chi connectivity index (χ0v) is 13.2. The van der Waals surface area contributed by atoms with Gasteiger partial charge >= 0.3 is 5.97 Å². The Morgan fingerprint density at radius 1 is 1.30 bits per heavy atom. The van der Waals surface area contributed by atoms with Gasteiger partial charge < -0.3 is 5.11 Å². The van der Waals surface area contributed by atoms with Crippen molar-refractivity contribution in [2.75, 3.05) is 16.6 Å². The molecule has 0 radical (unpaired) electrons. The molecule has 0 aliphatic heterocycles. The number of aliphatic carboxylic acids is 1. The minimum atomic E-state index is -3.58. The molecule has 0 spiro atoms. The molecule has 1 aromatic carbocycles. The van der Waals surface area contributed by atoms with E-state index >= 15 is 0 Å². The Bertz CT molecular complexity index is 569. The van der Waals surface area contributed by atoms with Crippen LogP contribution in [-0.4, -0.2) is 31.8 Å². The Morgan fingerprint density at radius 2 is 1.85 bits per heavy atom.